The fourth-order valence-corrected chi connectivity index (χ4v) is 5.38. The van der Waals surface area contributed by atoms with E-state index in [1.807, 2.05) is 41.8 Å². The molecule has 2 aliphatic rings. The highest BCUT2D eigenvalue weighted by atomic mass is 35.5. The van der Waals surface area contributed by atoms with Gasteiger partial charge in [0.25, 0.3) is 0 Å². The molecule has 5 rings (SSSR count). The Morgan fingerprint density at radius 3 is 2.78 bits per heavy atom. The van der Waals surface area contributed by atoms with Gasteiger partial charge in [-0.05, 0) is 69.3 Å². The largest absolute Gasteiger partial charge is 0.489 e. The molecule has 1 aliphatic heterocycles. The Morgan fingerprint density at radius 2 is 2.03 bits per heavy atom. The van der Waals surface area contributed by atoms with Crippen molar-refractivity contribution in [3.05, 3.63) is 76.1 Å². The van der Waals surface area contributed by atoms with E-state index in [0.29, 0.717) is 26.4 Å². The highest BCUT2D eigenvalue weighted by Crippen LogP contribution is 2.36. The maximum atomic E-state index is 12.3. The zero-order valence-electron chi connectivity index (χ0n) is 20.1. The summed E-state index contributed by atoms with van der Waals surface area (Å²) in [5.41, 5.74) is 8.87. The highest BCUT2D eigenvalue weighted by molar-refractivity contribution is 7.81. The number of hydrogen-bond acceptors (Lipinski definition) is 6. The van der Waals surface area contributed by atoms with E-state index in [2.05, 4.69) is 10.3 Å². The Bertz CT molecular complexity index is 1430. The number of primary amides is 1. The van der Waals surface area contributed by atoms with Gasteiger partial charge in [-0.25, -0.2) is 4.98 Å². The van der Waals surface area contributed by atoms with Crippen molar-refractivity contribution >= 4 is 62.9 Å². The van der Waals surface area contributed by atoms with Crippen molar-refractivity contribution in [1.82, 2.24) is 14.9 Å². The second kappa shape index (κ2) is 10.9. The van der Waals surface area contributed by atoms with E-state index in [4.69, 9.17) is 50.6 Å². The van der Waals surface area contributed by atoms with Crippen molar-refractivity contribution < 1.29 is 14.3 Å². The number of halogens is 2. The number of piperidine rings is 1. The quantitative estimate of drug-likeness (QED) is 0.386. The minimum absolute atomic E-state index is 0.116. The van der Waals surface area contributed by atoms with E-state index in [9.17, 15) is 4.79 Å². The van der Waals surface area contributed by atoms with Crippen LogP contribution in [0.25, 0.3) is 16.7 Å². The van der Waals surface area contributed by atoms with Crippen molar-refractivity contribution in [3.63, 3.8) is 0 Å². The average molecular weight is 558 g/mol. The van der Waals surface area contributed by atoms with E-state index in [1.165, 1.54) is 0 Å². The number of rotatable bonds is 7. The van der Waals surface area contributed by atoms with Gasteiger partial charge in [0, 0.05) is 16.3 Å². The molecule has 1 fully saturated rings. The lowest BCUT2D eigenvalue weighted by atomic mass is 9.98. The van der Waals surface area contributed by atoms with Crippen LogP contribution in [0.3, 0.4) is 0 Å². The molecule has 10 heteroatoms. The monoisotopic (exact) mass is 556 g/mol. The second-order valence-electron chi connectivity index (χ2n) is 9.05. The minimum atomic E-state index is -0.692. The fourth-order valence-electron chi connectivity index (χ4n) is 4.61. The van der Waals surface area contributed by atoms with Gasteiger partial charge in [-0.2, -0.15) is 0 Å². The van der Waals surface area contributed by atoms with Crippen LogP contribution in [-0.4, -0.2) is 45.6 Å². The number of nitrogens with zero attached hydrogens (tertiary/aromatic N) is 2. The maximum Gasteiger partial charge on any atom is 0.250 e. The Morgan fingerprint density at radius 1 is 1.24 bits per heavy atom. The summed E-state index contributed by atoms with van der Waals surface area (Å²) in [7, 11) is 0. The molecule has 2 atom stereocenters. The molecule has 0 spiro atoms. The number of fused-ring (bicyclic) bond motifs is 1. The van der Waals surface area contributed by atoms with Gasteiger partial charge in [0.05, 0.1) is 32.6 Å². The fraction of sp³-hybridized carbons (Fsp3) is 0.296. The molecular formula is C27H26Cl2N4O3S. The maximum absolute atomic E-state index is 12.3. The van der Waals surface area contributed by atoms with E-state index in [-0.39, 0.29) is 11.7 Å². The third-order valence-corrected chi connectivity index (χ3v) is 7.64. The van der Waals surface area contributed by atoms with Gasteiger partial charge >= 0.3 is 0 Å². The lowest BCUT2D eigenvalue weighted by Gasteiger charge is -2.27. The number of carbonyl (C=O) groups excluding carboxylic acids is 1. The number of nitrogens with one attached hydrogen (secondary N) is 1. The van der Waals surface area contributed by atoms with E-state index < -0.39 is 18.1 Å². The van der Waals surface area contributed by atoms with Crippen LogP contribution < -0.4 is 15.8 Å². The number of allylic oxidation sites excluding steroid dienone is 2. The minimum Gasteiger partial charge on any atom is -0.489 e. The van der Waals surface area contributed by atoms with Crippen molar-refractivity contribution in [2.45, 2.75) is 38.1 Å². The first-order valence-corrected chi connectivity index (χ1v) is 13.2. The average Bonchev–Trinajstić information content (AvgIpc) is 3.30. The number of thiocarbonyl (C=S) groups is 1. The number of amides is 1. The van der Waals surface area contributed by atoms with Crippen molar-refractivity contribution in [3.8, 4) is 5.75 Å². The Balaban J connectivity index is 1.43. The molecule has 3 aromatic rings. The summed E-state index contributed by atoms with van der Waals surface area (Å²) >= 11 is 18.5. The smallest absolute Gasteiger partial charge is 0.250 e. The molecule has 1 aromatic heterocycles. The van der Waals surface area contributed by atoms with E-state index in [1.54, 1.807) is 24.5 Å². The summed E-state index contributed by atoms with van der Waals surface area (Å²) in [6.45, 7) is 3.73. The standard InChI is InChI=1S/C27H26Cl2N4O3S/c1-15(19-3-2-4-23(25(19)29)36-18-7-9-31-10-8-18)35-24-13-17(12-20(26(24)37)27(30)34)33-14-32-21-11-16(28)5-6-22(21)33/h2-6,11-15,18,24,31H,7-10H2,1H3,(H2,30,34)/t15-,24?/m1/s1. The summed E-state index contributed by atoms with van der Waals surface area (Å²) in [4.78, 5) is 17.0. The summed E-state index contributed by atoms with van der Waals surface area (Å²) < 4.78 is 14.4. The van der Waals surface area contributed by atoms with Crippen molar-refractivity contribution in [2.75, 3.05) is 13.1 Å². The predicted molar refractivity (Wildman–Crippen MR) is 150 cm³/mol. The first-order chi connectivity index (χ1) is 17.8. The summed E-state index contributed by atoms with van der Waals surface area (Å²) in [6.07, 6.45) is 5.99. The molecule has 2 aromatic carbocycles. The molecule has 2 heterocycles. The molecule has 0 radical (unpaired) electrons. The first-order valence-electron chi connectivity index (χ1n) is 12.0. The van der Waals surface area contributed by atoms with Crippen LogP contribution in [0.15, 0.2) is 60.5 Å². The van der Waals surface area contributed by atoms with Crippen LogP contribution in [0.1, 0.15) is 31.4 Å². The second-order valence-corrected chi connectivity index (χ2v) is 10.3. The summed E-state index contributed by atoms with van der Waals surface area (Å²) in [5, 5.41) is 4.42. The molecule has 3 N–H and O–H groups in total. The van der Waals surface area contributed by atoms with E-state index >= 15 is 0 Å². The van der Waals surface area contributed by atoms with Crippen LogP contribution in [-0.2, 0) is 9.53 Å². The number of imidazole rings is 1. The third-order valence-electron chi connectivity index (χ3n) is 6.55. The number of benzene rings is 2. The number of ether oxygens (including phenoxy) is 2. The van der Waals surface area contributed by atoms with Crippen LogP contribution in [0.4, 0.5) is 0 Å². The zero-order chi connectivity index (χ0) is 26.1. The molecule has 1 amide bonds. The van der Waals surface area contributed by atoms with Crippen LogP contribution in [0.2, 0.25) is 10.0 Å². The molecular weight excluding hydrogens is 531 g/mol. The van der Waals surface area contributed by atoms with Crippen molar-refractivity contribution in [1.29, 1.82) is 0 Å². The number of hydrogen-bond donors (Lipinski definition) is 2. The highest BCUT2D eigenvalue weighted by Gasteiger charge is 2.29. The lowest BCUT2D eigenvalue weighted by molar-refractivity contribution is -0.114. The lowest BCUT2D eigenvalue weighted by Crippen LogP contribution is -2.34. The van der Waals surface area contributed by atoms with Gasteiger partial charge < -0.3 is 20.5 Å². The molecule has 7 nitrogen and oxygen atoms in total. The number of carbonyl (C=O) groups is 1. The van der Waals surface area contributed by atoms with Gasteiger partial charge in [0.1, 0.15) is 24.3 Å². The van der Waals surface area contributed by atoms with Crippen molar-refractivity contribution in [2.24, 2.45) is 5.73 Å². The summed E-state index contributed by atoms with van der Waals surface area (Å²) in [5.74, 6) is 0.00459. The molecule has 1 saturated heterocycles. The molecule has 192 valence electrons. The zero-order valence-corrected chi connectivity index (χ0v) is 22.4. The van der Waals surface area contributed by atoms with Gasteiger partial charge in [-0.3, -0.25) is 9.36 Å². The summed E-state index contributed by atoms with van der Waals surface area (Å²) in [6, 6.07) is 11.1. The van der Waals surface area contributed by atoms with Crippen LogP contribution in [0, 0.1) is 0 Å². The molecule has 37 heavy (non-hydrogen) atoms. The first kappa shape index (κ1) is 25.9. The molecule has 0 saturated carbocycles. The van der Waals surface area contributed by atoms with Crippen LogP contribution in [0.5, 0.6) is 5.75 Å². The normalized spacial score (nSPS) is 19.4. The van der Waals surface area contributed by atoms with Gasteiger partial charge in [-0.1, -0.05) is 47.6 Å². The van der Waals surface area contributed by atoms with Crippen LogP contribution >= 0.6 is 35.4 Å². The molecule has 1 aliphatic carbocycles. The molecule has 1 unspecified atom stereocenters. The topological polar surface area (TPSA) is 91.4 Å². The predicted octanol–water partition coefficient (Wildman–Crippen LogP) is 5.26. The Labute approximate surface area is 230 Å². The van der Waals surface area contributed by atoms with Gasteiger partial charge in [-0.15, -0.1) is 0 Å². The SMILES string of the molecule is C[C@@H](OC1C=C(n2cnc3cc(Cl)ccc32)C=C(C(N)=O)C1=S)c1cccc(OC2CCNCC2)c1Cl. The van der Waals surface area contributed by atoms with E-state index in [0.717, 1.165) is 42.5 Å². The number of nitrogens with two attached hydrogens (primary N) is 1. The number of aromatic nitrogens is 2. The van der Waals surface area contributed by atoms with Gasteiger partial charge in [0.15, 0.2) is 0 Å². The Hall–Kier alpha value is -2.75. The Kier molecular flexibility index (Phi) is 7.65. The van der Waals surface area contributed by atoms with Gasteiger partial charge in [0.2, 0.25) is 5.91 Å². The molecule has 0 bridgehead atoms. The third kappa shape index (κ3) is 5.44.